The fourth-order valence-corrected chi connectivity index (χ4v) is 5.60. The van der Waals surface area contributed by atoms with Crippen LogP contribution in [-0.4, -0.2) is 50.5 Å². The number of anilines is 1. The summed E-state index contributed by atoms with van der Waals surface area (Å²) in [5.74, 6) is -0.282. The van der Waals surface area contributed by atoms with Crippen molar-refractivity contribution in [2.75, 3.05) is 24.5 Å². The smallest absolute Gasteiger partial charge is 0.258 e. The zero-order chi connectivity index (χ0) is 21.2. The molecular formula is C21H25ClN2O4S. The number of nitrogens with zero attached hydrogens (tertiary/aromatic N) is 2. The van der Waals surface area contributed by atoms with E-state index in [1.807, 2.05) is 51.1 Å². The van der Waals surface area contributed by atoms with Crippen LogP contribution in [0.25, 0.3) is 0 Å². The number of rotatable bonds is 5. The van der Waals surface area contributed by atoms with Crippen LogP contribution in [0, 0.1) is 0 Å². The second-order valence-corrected chi connectivity index (χ2v) is 9.42. The fourth-order valence-electron chi connectivity index (χ4n) is 3.51. The van der Waals surface area contributed by atoms with E-state index in [4.69, 9.17) is 16.3 Å². The van der Waals surface area contributed by atoms with Gasteiger partial charge in [-0.05, 0) is 51.1 Å². The van der Waals surface area contributed by atoms with E-state index in [0.717, 1.165) is 5.69 Å². The van der Waals surface area contributed by atoms with E-state index in [1.54, 1.807) is 11.0 Å². The highest BCUT2D eigenvalue weighted by molar-refractivity contribution is 7.89. The number of sulfonamides is 1. The summed E-state index contributed by atoms with van der Waals surface area (Å²) in [6, 6.07) is 13.6. The molecule has 0 aromatic heterocycles. The molecule has 1 heterocycles. The van der Waals surface area contributed by atoms with Gasteiger partial charge in [-0.3, -0.25) is 4.79 Å². The minimum Gasteiger partial charge on any atom is -0.373 e. The highest BCUT2D eigenvalue weighted by atomic mass is 35.5. The van der Waals surface area contributed by atoms with Gasteiger partial charge in [-0.1, -0.05) is 29.8 Å². The molecule has 0 saturated carbocycles. The standard InChI is InChI=1S/C21H25ClN2O4S/c1-4-24(18-8-6-5-7-9-18)21(25)17-10-11-19(22)20(12-17)29(26,27)23-13-15(2)28-16(3)14-23/h5-12,15-16H,4,13-14H2,1-3H3. The van der Waals surface area contributed by atoms with Crippen LogP contribution in [0.15, 0.2) is 53.4 Å². The zero-order valence-corrected chi connectivity index (χ0v) is 18.3. The lowest BCUT2D eigenvalue weighted by Crippen LogP contribution is -2.48. The molecule has 1 aliphatic heterocycles. The van der Waals surface area contributed by atoms with Crippen LogP contribution in [0.3, 0.4) is 0 Å². The van der Waals surface area contributed by atoms with E-state index in [-0.39, 0.29) is 46.7 Å². The number of ether oxygens (including phenoxy) is 1. The van der Waals surface area contributed by atoms with Gasteiger partial charge in [-0.25, -0.2) is 8.42 Å². The molecule has 8 heteroatoms. The quantitative estimate of drug-likeness (QED) is 0.714. The van der Waals surface area contributed by atoms with Crippen molar-refractivity contribution >= 4 is 33.2 Å². The van der Waals surface area contributed by atoms with Gasteiger partial charge < -0.3 is 9.64 Å². The summed E-state index contributed by atoms with van der Waals surface area (Å²) in [5, 5.41) is 0.0936. The first kappa shape index (κ1) is 21.8. The molecule has 2 aromatic rings. The van der Waals surface area contributed by atoms with Crippen LogP contribution >= 0.6 is 11.6 Å². The summed E-state index contributed by atoms with van der Waals surface area (Å²) in [7, 11) is -3.86. The summed E-state index contributed by atoms with van der Waals surface area (Å²) >= 11 is 6.25. The van der Waals surface area contributed by atoms with Crippen LogP contribution in [0.4, 0.5) is 5.69 Å². The topological polar surface area (TPSA) is 66.9 Å². The average Bonchev–Trinajstić information content (AvgIpc) is 2.68. The first-order valence-electron chi connectivity index (χ1n) is 9.56. The van der Waals surface area contributed by atoms with E-state index in [9.17, 15) is 13.2 Å². The lowest BCUT2D eigenvalue weighted by atomic mass is 10.2. The van der Waals surface area contributed by atoms with E-state index >= 15 is 0 Å². The molecule has 0 radical (unpaired) electrons. The Balaban J connectivity index is 1.96. The number of hydrogen-bond acceptors (Lipinski definition) is 4. The number of amides is 1. The van der Waals surface area contributed by atoms with Crippen molar-refractivity contribution in [1.82, 2.24) is 4.31 Å². The largest absolute Gasteiger partial charge is 0.373 e. The minimum atomic E-state index is -3.86. The van der Waals surface area contributed by atoms with Gasteiger partial charge in [0, 0.05) is 30.9 Å². The van der Waals surface area contributed by atoms with E-state index in [1.165, 1.54) is 16.4 Å². The van der Waals surface area contributed by atoms with Crippen LogP contribution in [-0.2, 0) is 14.8 Å². The Morgan fingerprint density at radius 2 is 1.76 bits per heavy atom. The molecule has 0 aliphatic carbocycles. The van der Waals surface area contributed by atoms with Crippen molar-refractivity contribution in [3.05, 3.63) is 59.1 Å². The lowest BCUT2D eigenvalue weighted by Gasteiger charge is -2.34. The predicted octanol–water partition coefficient (Wildman–Crippen LogP) is 3.80. The van der Waals surface area contributed by atoms with E-state index in [0.29, 0.717) is 6.54 Å². The maximum atomic E-state index is 13.2. The van der Waals surface area contributed by atoms with Crippen molar-refractivity contribution in [3.63, 3.8) is 0 Å². The Labute approximate surface area is 177 Å². The molecule has 2 unspecified atom stereocenters. The van der Waals surface area contributed by atoms with Crippen LogP contribution in [0.5, 0.6) is 0 Å². The number of carbonyl (C=O) groups excluding carboxylic acids is 1. The zero-order valence-electron chi connectivity index (χ0n) is 16.7. The molecule has 0 bridgehead atoms. The molecular weight excluding hydrogens is 412 g/mol. The third-order valence-corrected chi connectivity index (χ3v) is 7.12. The number of para-hydroxylation sites is 1. The van der Waals surface area contributed by atoms with Gasteiger partial charge in [0.25, 0.3) is 5.91 Å². The SMILES string of the molecule is CCN(C(=O)c1ccc(Cl)c(S(=O)(=O)N2CC(C)OC(C)C2)c1)c1ccccc1. The van der Waals surface area contributed by atoms with Gasteiger partial charge >= 0.3 is 0 Å². The van der Waals surface area contributed by atoms with Gasteiger partial charge in [0.15, 0.2) is 0 Å². The Hall–Kier alpha value is -1.93. The van der Waals surface area contributed by atoms with Crippen molar-refractivity contribution < 1.29 is 17.9 Å². The molecule has 0 N–H and O–H groups in total. The molecule has 1 aliphatic rings. The van der Waals surface area contributed by atoms with Crippen LogP contribution in [0.2, 0.25) is 5.02 Å². The molecule has 1 amide bonds. The summed E-state index contributed by atoms with van der Waals surface area (Å²) < 4.78 is 33.5. The maximum Gasteiger partial charge on any atom is 0.258 e. The molecule has 6 nitrogen and oxygen atoms in total. The highest BCUT2D eigenvalue weighted by Gasteiger charge is 2.34. The second kappa shape index (κ2) is 8.83. The molecule has 2 aromatic carbocycles. The monoisotopic (exact) mass is 436 g/mol. The van der Waals surface area contributed by atoms with Crippen LogP contribution < -0.4 is 4.90 Å². The number of hydrogen-bond donors (Lipinski definition) is 0. The predicted molar refractivity (Wildman–Crippen MR) is 114 cm³/mol. The van der Waals surface area contributed by atoms with Crippen molar-refractivity contribution in [3.8, 4) is 0 Å². The first-order valence-corrected chi connectivity index (χ1v) is 11.4. The highest BCUT2D eigenvalue weighted by Crippen LogP contribution is 2.29. The molecule has 0 spiro atoms. The van der Waals surface area contributed by atoms with Gasteiger partial charge in [-0.15, -0.1) is 0 Å². The van der Waals surface area contributed by atoms with Gasteiger partial charge in [-0.2, -0.15) is 4.31 Å². The third kappa shape index (κ3) is 4.64. The molecule has 2 atom stereocenters. The van der Waals surface area contributed by atoms with Gasteiger partial charge in [0.05, 0.1) is 17.2 Å². The van der Waals surface area contributed by atoms with Crippen molar-refractivity contribution in [2.45, 2.75) is 37.9 Å². The maximum absolute atomic E-state index is 13.2. The van der Waals surface area contributed by atoms with Crippen molar-refractivity contribution in [1.29, 1.82) is 0 Å². The Bertz CT molecular complexity index is 971. The Kier molecular flexibility index (Phi) is 6.63. The second-order valence-electron chi connectivity index (χ2n) is 7.11. The van der Waals surface area contributed by atoms with Gasteiger partial charge in [0.2, 0.25) is 10.0 Å². The fraction of sp³-hybridized carbons (Fsp3) is 0.381. The van der Waals surface area contributed by atoms with E-state index in [2.05, 4.69) is 0 Å². The summed E-state index contributed by atoms with van der Waals surface area (Å²) in [5.41, 5.74) is 1.02. The number of benzene rings is 2. The van der Waals surface area contributed by atoms with Crippen LogP contribution in [0.1, 0.15) is 31.1 Å². The molecule has 29 heavy (non-hydrogen) atoms. The third-order valence-electron chi connectivity index (χ3n) is 4.81. The Morgan fingerprint density at radius 1 is 1.14 bits per heavy atom. The van der Waals surface area contributed by atoms with Gasteiger partial charge in [0.1, 0.15) is 4.90 Å². The van der Waals surface area contributed by atoms with Crippen molar-refractivity contribution in [2.24, 2.45) is 0 Å². The minimum absolute atomic E-state index is 0.0598. The number of morpholine rings is 1. The summed E-state index contributed by atoms with van der Waals surface area (Å²) in [4.78, 5) is 14.6. The number of halogens is 1. The van der Waals surface area contributed by atoms with E-state index < -0.39 is 10.0 Å². The first-order chi connectivity index (χ1) is 13.7. The molecule has 3 rings (SSSR count). The molecule has 1 saturated heterocycles. The summed E-state index contributed by atoms with van der Waals surface area (Å²) in [6.45, 7) is 6.47. The number of carbonyl (C=O) groups is 1. The average molecular weight is 437 g/mol. The Morgan fingerprint density at radius 3 is 2.34 bits per heavy atom. The molecule has 156 valence electrons. The molecule has 1 fully saturated rings. The lowest BCUT2D eigenvalue weighted by molar-refractivity contribution is -0.0440. The normalized spacial score (nSPS) is 20.4. The summed E-state index contributed by atoms with van der Waals surface area (Å²) in [6.07, 6.45) is -0.434.